The van der Waals surface area contributed by atoms with Crippen LogP contribution in [0.15, 0.2) is 36.4 Å². The number of fused-ring (bicyclic) bond motifs is 2. The highest BCUT2D eigenvalue weighted by atomic mass is 16.2. The number of carbonyl (C=O) groups excluding carboxylic acids is 3. The summed E-state index contributed by atoms with van der Waals surface area (Å²) >= 11 is 0. The molecule has 2 aromatic carbocycles. The summed E-state index contributed by atoms with van der Waals surface area (Å²) in [6, 6.07) is 10.5. The lowest BCUT2D eigenvalue weighted by atomic mass is 9.82. The van der Waals surface area contributed by atoms with E-state index in [1.54, 1.807) is 30.3 Å². The molecule has 3 rings (SSSR count). The maximum absolute atomic E-state index is 13.3. The molecule has 0 saturated heterocycles. The van der Waals surface area contributed by atoms with Gasteiger partial charge in [-0.25, -0.2) is 0 Å². The fourth-order valence-corrected chi connectivity index (χ4v) is 3.45. The van der Waals surface area contributed by atoms with Gasteiger partial charge in [0.2, 0.25) is 5.91 Å². The maximum atomic E-state index is 13.3. The van der Waals surface area contributed by atoms with Crippen molar-refractivity contribution in [3.63, 3.8) is 0 Å². The van der Waals surface area contributed by atoms with Crippen molar-refractivity contribution in [2.24, 2.45) is 11.5 Å². The van der Waals surface area contributed by atoms with E-state index in [-0.39, 0.29) is 24.0 Å². The number of nitrogens with one attached hydrogen (secondary N) is 3. The number of nitrogens with two attached hydrogens (primary N) is 2. The Hall–Kier alpha value is -3.23. The standard InChI is InChI=1S/C22H27N5O3/c23-9-3-10-25-16-7-8-17(26-11-4-12-27-18(28)13-24)20-19(16)21(29)14-5-1-2-6-15(14)22(20)30/h1-2,5-8,25-26H,3-4,9-13,23-24H2,(H,27,28). The topological polar surface area (TPSA) is 139 Å². The second-order valence-electron chi connectivity index (χ2n) is 7.02. The molecule has 0 saturated carbocycles. The van der Waals surface area contributed by atoms with Gasteiger partial charge in [-0.05, 0) is 31.5 Å². The summed E-state index contributed by atoms with van der Waals surface area (Å²) in [7, 11) is 0. The largest absolute Gasteiger partial charge is 0.384 e. The van der Waals surface area contributed by atoms with Crippen molar-refractivity contribution in [1.29, 1.82) is 0 Å². The molecule has 2 aromatic rings. The van der Waals surface area contributed by atoms with Crippen molar-refractivity contribution in [3.8, 4) is 0 Å². The minimum atomic E-state index is -0.210. The predicted molar refractivity (Wildman–Crippen MR) is 117 cm³/mol. The van der Waals surface area contributed by atoms with E-state index in [1.807, 2.05) is 6.07 Å². The van der Waals surface area contributed by atoms with Gasteiger partial charge in [-0.15, -0.1) is 0 Å². The van der Waals surface area contributed by atoms with E-state index in [0.29, 0.717) is 66.2 Å². The van der Waals surface area contributed by atoms with Crippen molar-refractivity contribution in [2.75, 3.05) is 43.4 Å². The molecule has 0 fully saturated rings. The molecule has 0 spiro atoms. The van der Waals surface area contributed by atoms with Crippen molar-refractivity contribution >= 4 is 28.8 Å². The molecule has 8 heteroatoms. The van der Waals surface area contributed by atoms with Gasteiger partial charge in [0.25, 0.3) is 0 Å². The number of carbonyl (C=O) groups is 3. The van der Waals surface area contributed by atoms with E-state index in [9.17, 15) is 14.4 Å². The van der Waals surface area contributed by atoms with Gasteiger partial charge in [-0.2, -0.15) is 0 Å². The molecular weight excluding hydrogens is 382 g/mol. The van der Waals surface area contributed by atoms with Gasteiger partial charge >= 0.3 is 0 Å². The number of ketones is 2. The Labute approximate surface area is 175 Å². The Morgan fingerprint density at radius 1 is 0.767 bits per heavy atom. The van der Waals surface area contributed by atoms with Crippen LogP contribution in [-0.2, 0) is 4.79 Å². The van der Waals surface area contributed by atoms with Crippen LogP contribution in [0.3, 0.4) is 0 Å². The summed E-state index contributed by atoms with van der Waals surface area (Å²) in [5, 5.41) is 9.18. The third-order valence-electron chi connectivity index (χ3n) is 4.95. The normalized spacial score (nSPS) is 12.2. The molecule has 0 bridgehead atoms. The lowest BCUT2D eigenvalue weighted by Crippen LogP contribution is -2.31. The van der Waals surface area contributed by atoms with E-state index < -0.39 is 0 Å². The van der Waals surface area contributed by atoms with Gasteiger partial charge < -0.3 is 27.4 Å². The molecule has 0 aliphatic heterocycles. The van der Waals surface area contributed by atoms with E-state index in [0.717, 1.165) is 6.42 Å². The second-order valence-corrected chi connectivity index (χ2v) is 7.02. The van der Waals surface area contributed by atoms with Crippen LogP contribution in [0.4, 0.5) is 11.4 Å². The molecule has 0 unspecified atom stereocenters. The minimum Gasteiger partial charge on any atom is -0.384 e. The van der Waals surface area contributed by atoms with Crippen molar-refractivity contribution in [1.82, 2.24) is 5.32 Å². The van der Waals surface area contributed by atoms with Gasteiger partial charge in [-0.1, -0.05) is 24.3 Å². The lowest BCUT2D eigenvalue weighted by Gasteiger charge is -2.24. The van der Waals surface area contributed by atoms with Gasteiger partial charge in [0, 0.05) is 42.1 Å². The van der Waals surface area contributed by atoms with E-state index in [1.165, 1.54) is 0 Å². The molecule has 1 aliphatic rings. The van der Waals surface area contributed by atoms with Gasteiger partial charge in [0.15, 0.2) is 11.6 Å². The Bertz CT molecular complexity index is 958. The number of amides is 1. The molecule has 158 valence electrons. The molecule has 0 heterocycles. The molecule has 8 nitrogen and oxygen atoms in total. The Balaban J connectivity index is 1.87. The molecule has 1 aliphatic carbocycles. The van der Waals surface area contributed by atoms with Crippen LogP contribution in [0.1, 0.15) is 44.7 Å². The molecular formula is C22H27N5O3. The molecule has 0 aromatic heterocycles. The first-order valence-electron chi connectivity index (χ1n) is 10.1. The van der Waals surface area contributed by atoms with Crippen LogP contribution in [0, 0.1) is 0 Å². The molecule has 1 amide bonds. The number of anilines is 2. The average molecular weight is 409 g/mol. The smallest absolute Gasteiger partial charge is 0.233 e. The Morgan fingerprint density at radius 2 is 1.30 bits per heavy atom. The Kier molecular flexibility index (Phi) is 7.16. The zero-order valence-electron chi connectivity index (χ0n) is 16.8. The summed E-state index contributed by atoms with van der Waals surface area (Å²) in [4.78, 5) is 37.7. The van der Waals surface area contributed by atoms with Crippen molar-refractivity contribution in [3.05, 3.63) is 58.7 Å². The summed E-state index contributed by atoms with van der Waals surface area (Å²) < 4.78 is 0. The van der Waals surface area contributed by atoms with E-state index >= 15 is 0 Å². The predicted octanol–water partition coefficient (Wildman–Crippen LogP) is 1.10. The molecule has 0 radical (unpaired) electrons. The van der Waals surface area contributed by atoms with E-state index in [2.05, 4.69) is 16.0 Å². The lowest BCUT2D eigenvalue weighted by molar-refractivity contribution is -0.119. The van der Waals surface area contributed by atoms with Crippen molar-refractivity contribution < 1.29 is 14.4 Å². The SMILES string of the molecule is NCCCNc1ccc(NCCCNC(=O)CN)c2c1C(=O)c1ccccc1C2=O. The quantitative estimate of drug-likeness (QED) is 0.316. The summed E-state index contributed by atoms with van der Waals surface area (Å²) in [5.74, 6) is -0.561. The first-order chi connectivity index (χ1) is 14.6. The molecule has 7 N–H and O–H groups in total. The monoisotopic (exact) mass is 409 g/mol. The first-order valence-corrected chi connectivity index (χ1v) is 10.1. The highest BCUT2D eigenvalue weighted by molar-refractivity contribution is 6.31. The number of hydrogen-bond donors (Lipinski definition) is 5. The van der Waals surface area contributed by atoms with E-state index in [4.69, 9.17) is 11.5 Å². The molecule has 30 heavy (non-hydrogen) atoms. The fraction of sp³-hybridized carbons (Fsp3) is 0.318. The average Bonchev–Trinajstić information content (AvgIpc) is 2.77. The van der Waals surface area contributed by atoms with Crippen molar-refractivity contribution in [2.45, 2.75) is 12.8 Å². The number of hydrogen-bond acceptors (Lipinski definition) is 7. The van der Waals surface area contributed by atoms with Crippen LogP contribution in [0.2, 0.25) is 0 Å². The van der Waals surface area contributed by atoms with Crippen LogP contribution < -0.4 is 27.4 Å². The zero-order valence-corrected chi connectivity index (χ0v) is 16.8. The zero-order chi connectivity index (χ0) is 21.5. The minimum absolute atomic E-state index is 0.0461. The van der Waals surface area contributed by atoms with Crippen LogP contribution in [-0.4, -0.2) is 50.2 Å². The first kappa shape index (κ1) is 21.5. The van der Waals surface area contributed by atoms with Gasteiger partial charge in [0.05, 0.1) is 17.7 Å². The third kappa shape index (κ3) is 4.50. The Morgan fingerprint density at radius 3 is 1.80 bits per heavy atom. The number of benzene rings is 2. The van der Waals surface area contributed by atoms with Crippen LogP contribution in [0.5, 0.6) is 0 Å². The maximum Gasteiger partial charge on any atom is 0.233 e. The second kappa shape index (κ2) is 10.00. The van der Waals surface area contributed by atoms with Gasteiger partial charge in [-0.3, -0.25) is 14.4 Å². The number of rotatable bonds is 10. The summed E-state index contributed by atoms with van der Waals surface area (Å²) in [6.45, 7) is 2.10. The van der Waals surface area contributed by atoms with Crippen LogP contribution >= 0.6 is 0 Å². The molecule has 0 atom stereocenters. The van der Waals surface area contributed by atoms with Gasteiger partial charge in [0.1, 0.15) is 0 Å². The van der Waals surface area contributed by atoms with Crippen LogP contribution in [0.25, 0.3) is 0 Å². The third-order valence-corrected chi connectivity index (χ3v) is 4.95. The summed E-state index contributed by atoms with van der Waals surface area (Å²) in [6.07, 6.45) is 1.40. The highest BCUT2D eigenvalue weighted by Gasteiger charge is 2.33. The summed E-state index contributed by atoms with van der Waals surface area (Å²) in [5.41, 5.74) is 13.7. The fourth-order valence-electron chi connectivity index (χ4n) is 3.45. The highest BCUT2D eigenvalue weighted by Crippen LogP contribution is 2.36.